The Labute approximate surface area is 122 Å². The summed E-state index contributed by atoms with van der Waals surface area (Å²) >= 11 is 0. The second kappa shape index (κ2) is 6.02. The van der Waals surface area contributed by atoms with Crippen LogP contribution in [0.2, 0.25) is 0 Å². The van der Waals surface area contributed by atoms with E-state index in [-0.39, 0.29) is 6.04 Å². The number of rotatable bonds is 6. The van der Waals surface area contributed by atoms with Crippen molar-refractivity contribution in [3.63, 3.8) is 0 Å². The van der Waals surface area contributed by atoms with Gasteiger partial charge in [0, 0.05) is 19.1 Å². The lowest BCUT2D eigenvalue weighted by Gasteiger charge is -2.42. The quantitative estimate of drug-likeness (QED) is 0.784. The van der Waals surface area contributed by atoms with Crippen molar-refractivity contribution in [3.8, 4) is 0 Å². The fourth-order valence-electron chi connectivity index (χ4n) is 3.53. The minimum absolute atomic E-state index is 0.202. The molecule has 4 nitrogen and oxygen atoms in total. The molecule has 0 radical (unpaired) electrons. The number of nitrogens with one attached hydrogen (secondary N) is 1. The van der Waals surface area contributed by atoms with E-state index < -0.39 is 11.5 Å². The zero-order valence-electron chi connectivity index (χ0n) is 13.4. The van der Waals surface area contributed by atoms with Crippen LogP contribution in [-0.4, -0.2) is 47.2 Å². The van der Waals surface area contributed by atoms with Crippen molar-refractivity contribution in [2.75, 3.05) is 19.6 Å². The van der Waals surface area contributed by atoms with Gasteiger partial charge in [-0.2, -0.15) is 0 Å². The summed E-state index contributed by atoms with van der Waals surface area (Å²) in [5.74, 6) is 1.05. The molecule has 1 heterocycles. The summed E-state index contributed by atoms with van der Waals surface area (Å²) in [5, 5.41) is 13.2. The molecule has 3 unspecified atom stereocenters. The average molecular weight is 282 g/mol. The average Bonchev–Trinajstić information content (AvgIpc) is 3.16. The number of piperidine rings is 1. The predicted molar refractivity (Wildman–Crippen MR) is 80.7 cm³/mol. The molecule has 0 bridgehead atoms. The van der Waals surface area contributed by atoms with E-state index in [0.717, 1.165) is 31.8 Å². The number of carboxylic acids is 1. The molecule has 2 fully saturated rings. The minimum Gasteiger partial charge on any atom is -0.480 e. The van der Waals surface area contributed by atoms with Gasteiger partial charge in [-0.15, -0.1) is 0 Å². The van der Waals surface area contributed by atoms with Gasteiger partial charge in [-0.25, -0.2) is 0 Å². The van der Waals surface area contributed by atoms with Crippen LogP contribution in [0.1, 0.15) is 47.0 Å². The lowest BCUT2D eigenvalue weighted by Crippen LogP contribution is -2.63. The van der Waals surface area contributed by atoms with Crippen molar-refractivity contribution < 1.29 is 9.90 Å². The van der Waals surface area contributed by atoms with Crippen LogP contribution in [0.5, 0.6) is 0 Å². The fraction of sp³-hybridized carbons (Fsp3) is 0.938. The number of aliphatic carboxylic acids is 1. The molecule has 0 aromatic heterocycles. The van der Waals surface area contributed by atoms with E-state index in [2.05, 4.69) is 24.1 Å². The molecule has 20 heavy (non-hydrogen) atoms. The lowest BCUT2D eigenvalue weighted by atomic mass is 9.86. The number of hydrogen-bond donors (Lipinski definition) is 2. The molecule has 0 aromatic rings. The van der Waals surface area contributed by atoms with Crippen molar-refractivity contribution in [1.29, 1.82) is 0 Å². The van der Waals surface area contributed by atoms with Gasteiger partial charge < -0.3 is 10.0 Å². The number of likely N-dealkylation sites (tertiary alicyclic amines) is 1. The molecule has 0 aromatic carbocycles. The molecule has 2 N–H and O–H groups in total. The first-order valence-corrected chi connectivity index (χ1v) is 8.08. The highest BCUT2D eigenvalue weighted by atomic mass is 16.4. The summed E-state index contributed by atoms with van der Waals surface area (Å²) in [6, 6.07) is 0.202. The molecule has 4 heteroatoms. The van der Waals surface area contributed by atoms with Gasteiger partial charge in [-0.05, 0) is 57.4 Å². The Morgan fingerprint density at radius 3 is 2.40 bits per heavy atom. The van der Waals surface area contributed by atoms with Gasteiger partial charge in [0.05, 0.1) is 0 Å². The topological polar surface area (TPSA) is 52.6 Å². The molecule has 0 amide bonds. The van der Waals surface area contributed by atoms with E-state index in [1.165, 1.54) is 6.42 Å². The predicted octanol–water partition coefficient (Wildman–Crippen LogP) is 2.20. The Kier molecular flexibility index (Phi) is 4.75. The molecule has 1 aliphatic carbocycles. The Hall–Kier alpha value is -0.610. The highest BCUT2D eigenvalue weighted by Crippen LogP contribution is 2.41. The van der Waals surface area contributed by atoms with Gasteiger partial charge in [0.15, 0.2) is 0 Å². The normalized spacial score (nSPS) is 31.2. The Bertz CT molecular complexity index is 354. The second-order valence-corrected chi connectivity index (χ2v) is 7.33. The monoisotopic (exact) mass is 282 g/mol. The van der Waals surface area contributed by atoms with Crippen LogP contribution < -0.4 is 5.32 Å². The van der Waals surface area contributed by atoms with E-state index in [4.69, 9.17) is 0 Å². The smallest absolute Gasteiger partial charge is 0.325 e. The Morgan fingerprint density at radius 1 is 1.30 bits per heavy atom. The minimum atomic E-state index is -0.742. The zero-order valence-corrected chi connectivity index (χ0v) is 13.4. The van der Waals surface area contributed by atoms with Gasteiger partial charge in [0.1, 0.15) is 5.54 Å². The summed E-state index contributed by atoms with van der Waals surface area (Å²) < 4.78 is 0. The van der Waals surface area contributed by atoms with Crippen LogP contribution >= 0.6 is 0 Å². The first-order chi connectivity index (χ1) is 9.35. The molecule has 3 atom stereocenters. The largest absolute Gasteiger partial charge is 0.480 e. The Balaban J connectivity index is 2.09. The number of hydrogen-bond acceptors (Lipinski definition) is 3. The van der Waals surface area contributed by atoms with Crippen LogP contribution in [0, 0.1) is 17.8 Å². The van der Waals surface area contributed by atoms with E-state index >= 15 is 0 Å². The number of carbonyl (C=O) groups is 1. The van der Waals surface area contributed by atoms with Crippen LogP contribution in [0.25, 0.3) is 0 Å². The molecular weight excluding hydrogens is 252 g/mol. The third kappa shape index (κ3) is 3.34. The SMILES string of the molecule is CC(C)NC(CN1CCC(C)C(C)C1)(C(=O)O)C1CC1. The summed E-state index contributed by atoms with van der Waals surface area (Å²) in [4.78, 5) is 14.3. The Morgan fingerprint density at radius 2 is 1.95 bits per heavy atom. The summed E-state index contributed by atoms with van der Waals surface area (Å²) in [6.45, 7) is 11.4. The maximum atomic E-state index is 12.0. The van der Waals surface area contributed by atoms with Crippen molar-refractivity contribution >= 4 is 5.97 Å². The van der Waals surface area contributed by atoms with Gasteiger partial charge in [0.2, 0.25) is 0 Å². The molecule has 1 saturated heterocycles. The fourth-order valence-corrected chi connectivity index (χ4v) is 3.53. The highest BCUT2D eigenvalue weighted by molar-refractivity contribution is 5.80. The van der Waals surface area contributed by atoms with Crippen LogP contribution in [-0.2, 0) is 4.79 Å². The van der Waals surface area contributed by atoms with Gasteiger partial charge in [0.25, 0.3) is 0 Å². The zero-order chi connectivity index (χ0) is 14.9. The first-order valence-electron chi connectivity index (χ1n) is 8.08. The van der Waals surface area contributed by atoms with E-state index in [1.807, 2.05) is 13.8 Å². The molecule has 2 aliphatic rings. The first kappa shape index (κ1) is 15.8. The maximum Gasteiger partial charge on any atom is 0.325 e. The van der Waals surface area contributed by atoms with Gasteiger partial charge in [-0.1, -0.05) is 13.8 Å². The molecule has 2 rings (SSSR count). The molecule has 0 spiro atoms. The summed E-state index contributed by atoms with van der Waals surface area (Å²) in [7, 11) is 0. The second-order valence-electron chi connectivity index (χ2n) is 7.33. The molecule has 1 aliphatic heterocycles. The number of nitrogens with zero attached hydrogens (tertiary/aromatic N) is 1. The van der Waals surface area contributed by atoms with Gasteiger partial charge in [-0.3, -0.25) is 10.1 Å². The van der Waals surface area contributed by atoms with Crippen molar-refractivity contribution in [1.82, 2.24) is 10.2 Å². The van der Waals surface area contributed by atoms with Crippen LogP contribution in [0.4, 0.5) is 0 Å². The van der Waals surface area contributed by atoms with E-state index in [1.54, 1.807) is 0 Å². The third-order valence-corrected chi connectivity index (χ3v) is 5.09. The van der Waals surface area contributed by atoms with E-state index in [0.29, 0.717) is 18.4 Å². The highest BCUT2D eigenvalue weighted by Gasteiger charge is 2.52. The standard InChI is InChI=1S/C16H30N2O2/c1-11(2)17-16(15(19)20,14-5-6-14)10-18-8-7-12(3)13(4)9-18/h11-14,17H,5-10H2,1-4H3,(H,19,20). The summed E-state index contributed by atoms with van der Waals surface area (Å²) in [6.07, 6.45) is 3.28. The molecule has 116 valence electrons. The van der Waals surface area contributed by atoms with Crippen molar-refractivity contribution in [3.05, 3.63) is 0 Å². The van der Waals surface area contributed by atoms with Gasteiger partial charge >= 0.3 is 5.97 Å². The van der Waals surface area contributed by atoms with Crippen LogP contribution in [0.3, 0.4) is 0 Å². The van der Waals surface area contributed by atoms with Crippen LogP contribution in [0.15, 0.2) is 0 Å². The molecule has 1 saturated carbocycles. The number of carboxylic acid groups (broad SMARTS) is 1. The van der Waals surface area contributed by atoms with Crippen molar-refractivity contribution in [2.24, 2.45) is 17.8 Å². The maximum absolute atomic E-state index is 12.0. The lowest BCUT2D eigenvalue weighted by molar-refractivity contribution is -0.147. The third-order valence-electron chi connectivity index (χ3n) is 5.09. The van der Waals surface area contributed by atoms with E-state index in [9.17, 15) is 9.90 Å². The van der Waals surface area contributed by atoms with Crippen molar-refractivity contribution in [2.45, 2.75) is 58.5 Å². The molecular formula is C16H30N2O2. The summed E-state index contributed by atoms with van der Waals surface area (Å²) in [5.41, 5.74) is -0.742.